The van der Waals surface area contributed by atoms with Gasteiger partial charge >= 0.3 is 0 Å². The second-order valence-electron chi connectivity index (χ2n) is 4.24. The van der Waals surface area contributed by atoms with Crippen LogP contribution in [0.1, 0.15) is 39.0 Å². The minimum Gasteiger partial charge on any atom is -0.313 e. The Kier molecular flexibility index (Phi) is 4.51. The van der Waals surface area contributed by atoms with E-state index in [0.29, 0.717) is 6.04 Å². The van der Waals surface area contributed by atoms with Gasteiger partial charge in [0.2, 0.25) is 0 Å². The van der Waals surface area contributed by atoms with Crippen molar-refractivity contribution in [2.24, 2.45) is 11.8 Å². The zero-order chi connectivity index (χ0) is 9.68. The molecule has 0 aromatic rings. The van der Waals surface area contributed by atoms with Crippen molar-refractivity contribution >= 4 is 0 Å². The fourth-order valence-corrected chi connectivity index (χ4v) is 2.50. The molecule has 1 aliphatic rings. The molecule has 1 N–H and O–H groups in total. The zero-order valence-electron chi connectivity index (χ0n) is 9.05. The molecule has 0 bridgehead atoms. The van der Waals surface area contributed by atoms with Crippen LogP contribution in [0.15, 0.2) is 12.7 Å². The average molecular weight is 181 g/mol. The predicted octanol–water partition coefficient (Wildman–Crippen LogP) is 2.98. The second-order valence-corrected chi connectivity index (χ2v) is 4.24. The summed E-state index contributed by atoms with van der Waals surface area (Å²) < 4.78 is 0. The van der Waals surface area contributed by atoms with Crippen molar-refractivity contribution in [3.05, 3.63) is 12.7 Å². The number of rotatable bonds is 4. The Morgan fingerprint density at radius 1 is 1.38 bits per heavy atom. The Labute approximate surface area is 82.6 Å². The van der Waals surface area contributed by atoms with Crippen molar-refractivity contribution in [1.29, 1.82) is 0 Å². The summed E-state index contributed by atoms with van der Waals surface area (Å²) in [5, 5.41) is 3.34. The highest BCUT2D eigenvalue weighted by atomic mass is 14.9. The number of likely N-dealkylation sites (N-methyl/N-ethyl adjacent to an activating group) is 1. The van der Waals surface area contributed by atoms with Gasteiger partial charge in [0, 0.05) is 6.04 Å². The van der Waals surface area contributed by atoms with E-state index in [1.54, 1.807) is 0 Å². The van der Waals surface area contributed by atoms with Crippen LogP contribution in [0.4, 0.5) is 0 Å². The number of hydrogen-bond donors (Lipinski definition) is 1. The van der Waals surface area contributed by atoms with Gasteiger partial charge in [0.15, 0.2) is 0 Å². The van der Waals surface area contributed by atoms with E-state index < -0.39 is 0 Å². The van der Waals surface area contributed by atoms with Crippen LogP contribution in [-0.4, -0.2) is 13.1 Å². The Bertz CT molecular complexity index is 145. The van der Waals surface area contributed by atoms with Crippen LogP contribution in [0.3, 0.4) is 0 Å². The number of hydrogen-bond acceptors (Lipinski definition) is 1. The fourth-order valence-electron chi connectivity index (χ4n) is 2.50. The van der Waals surface area contributed by atoms with Crippen molar-refractivity contribution in [3.8, 4) is 0 Å². The first-order valence-corrected chi connectivity index (χ1v) is 5.61. The molecule has 0 heterocycles. The summed E-state index contributed by atoms with van der Waals surface area (Å²) in [5.74, 6) is 1.84. The highest BCUT2D eigenvalue weighted by Gasteiger charge is 2.23. The monoisotopic (exact) mass is 181 g/mol. The van der Waals surface area contributed by atoms with Gasteiger partial charge < -0.3 is 5.32 Å². The third-order valence-corrected chi connectivity index (χ3v) is 3.56. The van der Waals surface area contributed by atoms with Gasteiger partial charge in [-0.15, -0.1) is 6.58 Å². The van der Waals surface area contributed by atoms with Crippen molar-refractivity contribution in [3.63, 3.8) is 0 Å². The summed E-state index contributed by atoms with van der Waals surface area (Å²) in [4.78, 5) is 0. The van der Waals surface area contributed by atoms with Crippen molar-refractivity contribution < 1.29 is 0 Å². The molecule has 0 aromatic carbocycles. The fraction of sp³-hybridized carbons (Fsp3) is 0.833. The van der Waals surface area contributed by atoms with Gasteiger partial charge in [0.25, 0.3) is 0 Å². The van der Waals surface area contributed by atoms with Crippen LogP contribution < -0.4 is 5.32 Å². The molecule has 1 rings (SSSR count). The molecule has 0 aromatic heterocycles. The molecule has 1 fully saturated rings. The molecule has 0 aliphatic heterocycles. The van der Waals surface area contributed by atoms with Gasteiger partial charge in [-0.3, -0.25) is 0 Å². The van der Waals surface area contributed by atoms with Crippen LogP contribution in [0.25, 0.3) is 0 Å². The highest BCUT2D eigenvalue weighted by molar-refractivity contribution is 4.92. The largest absolute Gasteiger partial charge is 0.313 e. The lowest BCUT2D eigenvalue weighted by atomic mass is 9.77. The van der Waals surface area contributed by atoms with E-state index in [2.05, 4.69) is 24.9 Å². The molecule has 0 radical (unpaired) electrons. The smallest absolute Gasteiger partial charge is 0.0272 e. The van der Waals surface area contributed by atoms with Gasteiger partial charge in [-0.05, 0) is 31.7 Å². The van der Waals surface area contributed by atoms with E-state index in [1.165, 1.54) is 32.1 Å². The third-order valence-electron chi connectivity index (χ3n) is 3.56. The van der Waals surface area contributed by atoms with Crippen LogP contribution in [0.5, 0.6) is 0 Å². The first kappa shape index (κ1) is 10.8. The van der Waals surface area contributed by atoms with Crippen LogP contribution >= 0.6 is 0 Å². The lowest BCUT2D eigenvalue weighted by molar-refractivity contribution is 0.242. The molecule has 1 nitrogen and oxygen atoms in total. The van der Waals surface area contributed by atoms with Gasteiger partial charge in [-0.2, -0.15) is 0 Å². The predicted molar refractivity (Wildman–Crippen MR) is 58.8 cm³/mol. The van der Waals surface area contributed by atoms with Gasteiger partial charge in [-0.1, -0.05) is 32.3 Å². The SMILES string of the molecule is C=CC(NC)C1CCC(CC)CC1. The Morgan fingerprint density at radius 2 is 2.00 bits per heavy atom. The molecule has 0 spiro atoms. The maximum Gasteiger partial charge on any atom is 0.0272 e. The molecule has 76 valence electrons. The Balaban J connectivity index is 2.34. The summed E-state index contributed by atoms with van der Waals surface area (Å²) in [6.07, 6.45) is 9.05. The molecule has 0 saturated heterocycles. The molecule has 13 heavy (non-hydrogen) atoms. The molecule has 1 saturated carbocycles. The quantitative estimate of drug-likeness (QED) is 0.657. The standard InChI is InChI=1S/C12H23N/c1-4-10-6-8-11(9-7-10)12(5-2)13-3/h5,10-13H,2,4,6-9H2,1,3H3. The van der Waals surface area contributed by atoms with Crippen molar-refractivity contribution in [2.45, 2.75) is 45.1 Å². The highest BCUT2D eigenvalue weighted by Crippen LogP contribution is 2.32. The van der Waals surface area contributed by atoms with Crippen LogP contribution in [0.2, 0.25) is 0 Å². The Hall–Kier alpha value is -0.300. The maximum atomic E-state index is 3.88. The van der Waals surface area contributed by atoms with E-state index in [0.717, 1.165) is 11.8 Å². The summed E-state index contributed by atoms with van der Waals surface area (Å²) in [6.45, 7) is 6.20. The van der Waals surface area contributed by atoms with E-state index in [4.69, 9.17) is 0 Å². The molecule has 1 heteroatoms. The minimum absolute atomic E-state index is 0.540. The lowest BCUT2D eigenvalue weighted by Crippen LogP contribution is -2.33. The molecular formula is C12H23N. The molecular weight excluding hydrogens is 158 g/mol. The summed E-state index contributed by atoms with van der Waals surface area (Å²) in [7, 11) is 2.04. The summed E-state index contributed by atoms with van der Waals surface area (Å²) in [5.41, 5.74) is 0. The lowest BCUT2D eigenvalue weighted by Gasteiger charge is -2.31. The normalized spacial score (nSPS) is 31.2. The molecule has 0 amide bonds. The first-order valence-electron chi connectivity index (χ1n) is 5.61. The summed E-state index contributed by atoms with van der Waals surface area (Å²) in [6, 6.07) is 0.540. The van der Waals surface area contributed by atoms with E-state index in [9.17, 15) is 0 Å². The Morgan fingerprint density at radius 3 is 2.38 bits per heavy atom. The van der Waals surface area contributed by atoms with Gasteiger partial charge in [-0.25, -0.2) is 0 Å². The van der Waals surface area contributed by atoms with E-state index in [1.807, 2.05) is 7.05 Å². The topological polar surface area (TPSA) is 12.0 Å². The summed E-state index contributed by atoms with van der Waals surface area (Å²) >= 11 is 0. The first-order chi connectivity index (χ1) is 6.31. The molecule has 1 atom stereocenters. The van der Waals surface area contributed by atoms with E-state index >= 15 is 0 Å². The number of nitrogens with one attached hydrogen (secondary N) is 1. The second kappa shape index (κ2) is 5.43. The maximum absolute atomic E-state index is 3.88. The third kappa shape index (κ3) is 2.84. The zero-order valence-corrected chi connectivity index (χ0v) is 9.05. The molecule has 1 aliphatic carbocycles. The van der Waals surface area contributed by atoms with Crippen LogP contribution in [0, 0.1) is 11.8 Å². The minimum atomic E-state index is 0.540. The molecule has 1 unspecified atom stereocenters. The average Bonchev–Trinajstić information content (AvgIpc) is 2.21. The van der Waals surface area contributed by atoms with Gasteiger partial charge in [0.1, 0.15) is 0 Å². The van der Waals surface area contributed by atoms with Crippen molar-refractivity contribution in [2.75, 3.05) is 7.05 Å². The van der Waals surface area contributed by atoms with Crippen LogP contribution in [-0.2, 0) is 0 Å². The van der Waals surface area contributed by atoms with E-state index in [-0.39, 0.29) is 0 Å². The van der Waals surface area contributed by atoms with Crippen molar-refractivity contribution in [1.82, 2.24) is 5.32 Å². The van der Waals surface area contributed by atoms with Gasteiger partial charge in [0.05, 0.1) is 0 Å².